The summed E-state index contributed by atoms with van der Waals surface area (Å²) in [6.07, 6.45) is 2.22. The van der Waals surface area contributed by atoms with E-state index in [0.717, 1.165) is 26.1 Å². The Balaban J connectivity index is 1.81. The maximum atomic E-state index is 5.47. The first-order valence-electron chi connectivity index (χ1n) is 8.28. The van der Waals surface area contributed by atoms with Crippen LogP contribution in [0.3, 0.4) is 0 Å². The molecule has 1 N–H and O–H groups in total. The van der Waals surface area contributed by atoms with E-state index in [0.29, 0.717) is 18.0 Å². The van der Waals surface area contributed by atoms with Crippen LogP contribution in [0.25, 0.3) is 0 Å². The van der Waals surface area contributed by atoms with Gasteiger partial charge in [0.15, 0.2) is 0 Å². The summed E-state index contributed by atoms with van der Waals surface area (Å²) in [5.41, 5.74) is 2.75. The van der Waals surface area contributed by atoms with Gasteiger partial charge < -0.3 is 10.1 Å². The molecule has 0 bridgehead atoms. The first-order chi connectivity index (χ1) is 10.8. The van der Waals surface area contributed by atoms with Crippen LogP contribution in [0.2, 0.25) is 0 Å². The standard InChI is InChI=1S/C20H25NO/c1-16(21-19-12-14-22-15-13-19)20(17-8-4-2-5-9-17)18-10-6-3-7-11-18/h2-11,16,19-21H,12-15H2,1H3. The quantitative estimate of drug-likeness (QED) is 0.901. The zero-order valence-electron chi connectivity index (χ0n) is 13.2. The minimum absolute atomic E-state index is 0.380. The van der Waals surface area contributed by atoms with Crippen molar-refractivity contribution in [3.05, 3.63) is 71.8 Å². The fraction of sp³-hybridized carbons (Fsp3) is 0.400. The van der Waals surface area contributed by atoms with Crippen molar-refractivity contribution < 1.29 is 4.74 Å². The van der Waals surface area contributed by atoms with Gasteiger partial charge in [0.05, 0.1) is 0 Å². The molecule has 0 aliphatic carbocycles. The van der Waals surface area contributed by atoms with Gasteiger partial charge >= 0.3 is 0 Å². The van der Waals surface area contributed by atoms with Gasteiger partial charge in [-0.3, -0.25) is 0 Å². The first kappa shape index (κ1) is 15.3. The summed E-state index contributed by atoms with van der Waals surface area (Å²) in [5.74, 6) is 0.380. The van der Waals surface area contributed by atoms with E-state index in [1.165, 1.54) is 11.1 Å². The Labute approximate surface area is 133 Å². The maximum Gasteiger partial charge on any atom is 0.0480 e. The van der Waals surface area contributed by atoms with Gasteiger partial charge in [-0.15, -0.1) is 0 Å². The van der Waals surface area contributed by atoms with Crippen molar-refractivity contribution in [2.45, 2.75) is 37.8 Å². The molecule has 1 atom stereocenters. The molecule has 0 saturated carbocycles. The van der Waals surface area contributed by atoms with E-state index in [4.69, 9.17) is 4.74 Å². The predicted octanol–water partition coefficient (Wildman–Crippen LogP) is 3.98. The van der Waals surface area contributed by atoms with Crippen LogP contribution in [0.15, 0.2) is 60.7 Å². The molecule has 2 aromatic rings. The molecule has 2 aromatic carbocycles. The van der Waals surface area contributed by atoms with E-state index >= 15 is 0 Å². The number of ether oxygens (including phenoxy) is 1. The molecule has 1 aliphatic heterocycles. The van der Waals surface area contributed by atoms with E-state index in [9.17, 15) is 0 Å². The molecule has 0 radical (unpaired) electrons. The van der Waals surface area contributed by atoms with E-state index in [-0.39, 0.29) is 0 Å². The van der Waals surface area contributed by atoms with Gasteiger partial charge in [0.2, 0.25) is 0 Å². The summed E-state index contributed by atoms with van der Waals surface area (Å²) in [4.78, 5) is 0. The average molecular weight is 295 g/mol. The highest BCUT2D eigenvalue weighted by Gasteiger charge is 2.24. The lowest BCUT2D eigenvalue weighted by molar-refractivity contribution is 0.0749. The summed E-state index contributed by atoms with van der Waals surface area (Å²) in [6, 6.07) is 22.6. The maximum absolute atomic E-state index is 5.47. The lowest BCUT2D eigenvalue weighted by Crippen LogP contribution is -2.43. The topological polar surface area (TPSA) is 21.3 Å². The zero-order chi connectivity index (χ0) is 15.2. The molecular weight excluding hydrogens is 270 g/mol. The van der Waals surface area contributed by atoms with Crippen LogP contribution in [-0.2, 0) is 4.74 Å². The number of nitrogens with one attached hydrogen (secondary N) is 1. The van der Waals surface area contributed by atoms with Crippen LogP contribution in [-0.4, -0.2) is 25.3 Å². The number of hydrogen-bond donors (Lipinski definition) is 1. The third-order valence-electron chi connectivity index (χ3n) is 4.54. The predicted molar refractivity (Wildman–Crippen MR) is 91.2 cm³/mol. The Bertz CT molecular complexity index is 509. The number of benzene rings is 2. The zero-order valence-corrected chi connectivity index (χ0v) is 13.2. The molecule has 0 aromatic heterocycles. The van der Waals surface area contributed by atoms with Crippen LogP contribution < -0.4 is 5.32 Å². The van der Waals surface area contributed by atoms with Crippen LogP contribution in [0.1, 0.15) is 36.8 Å². The smallest absolute Gasteiger partial charge is 0.0480 e. The largest absolute Gasteiger partial charge is 0.381 e. The van der Waals surface area contributed by atoms with Gasteiger partial charge in [0.25, 0.3) is 0 Å². The van der Waals surface area contributed by atoms with Crippen LogP contribution >= 0.6 is 0 Å². The number of rotatable bonds is 5. The molecule has 2 nitrogen and oxygen atoms in total. The second-order valence-electron chi connectivity index (χ2n) is 6.14. The highest BCUT2D eigenvalue weighted by Crippen LogP contribution is 2.28. The van der Waals surface area contributed by atoms with Gasteiger partial charge in [-0.05, 0) is 30.9 Å². The first-order valence-corrected chi connectivity index (χ1v) is 8.28. The highest BCUT2D eigenvalue weighted by atomic mass is 16.5. The number of hydrogen-bond acceptors (Lipinski definition) is 2. The fourth-order valence-electron chi connectivity index (χ4n) is 3.42. The Hall–Kier alpha value is -1.64. The van der Waals surface area contributed by atoms with E-state index < -0.39 is 0 Å². The second kappa shape index (κ2) is 7.57. The molecule has 0 amide bonds. The monoisotopic (exact) mass is 295 g/mol. The van der Waals surface area contributed by atoms with Crippen molar-refractivity contribution in [2.75, 3.05) is 13.2 Å². The van der Waals surface area contributed by atoms with Crippen LogP contribution in [0.4, 0.5) is 0 Å². The SMILES string of the molecule is CC(NC1CCOCC1)C(c1ccccc1)c1ccccc1. The summed E-state index contributed by atoms with van der Waals surface area (Å²) >= 11 is 0. The molecule has 22 heavy (non-hydrogen) atoms. The lowest BCUT2D eigenvalue weighted by Gasteiger charge is -2.32. The Morgan fingerprint density at radius 1 is 0.864 bits per heavy atom. The molecule has 1 aliphatic rings. The summed E-state index contributed by atoms with van der Waals surface area (Å²) in [7, 11) is 0. The molecule has 1 heterocycles. The molecule has 1 fully saturated rings. The summed E-state index contributed by atoms with van der Waals surface area (Å²) < 4.78 is 5.47. The van der Waals surface area contributed by atoms with E-state index in [2.05, 4.69) is 72.9 Å². The van der Waals surface area contributed by atoms with Crippen molar-refractivity contribution in [1.82, 2.24) is 5.32 Å². The molecular formula is C20H25NO. The Morgan fingerprint density at radius 2 is 1.36 bits per heavy atom. The van der Waals surface area contributed by atoms with E-state index in [1.807, 2.05) is 0 Å². The third kappa shape index (κ3) is 3.76. The Morgan fingerprint density at radius 3 is 1.86 bits per heavy atom. The van der Waals surface area contributed by atoms with Crippen molar-refractivity contribution >= 4 is 0 Å². The minimum atomic E-state index is 0.380. The molecule has 2 heteroatoms. The lowest BCUT2D eigenvalue weighted by atomic mass is 9.85. The van der Waals surface area contributed by atoms with Gasteiger partial charge in [0.1, 0.15) is 0 Å². The minimum Gasteiger partial charge on any atom is -0.381 e. The molecule has 1 unspecified atom stereocenters. The van der Waals surface area contributed by atoms with Crippen LogP contribution in [0.5, 0.6) is 0 Å². The summed E-state index contributed by atoms with van der Waals surface area (Å²) in [6.45, 7) is 4.07. The van der Waals surface area contributed by atoms with Crippen molar-refractivity contribution in [3.8, 4) is 0 Å². The van der Waals surface area contributed by atoms with Crippen LogP contribution in [0, 0.1) is 0 Å². The fourth-order valence-corrected chi connectivity index (χ4v) is 3.42. The molecule has 1 saturated heterocycles. The average Bonchev–Trinajstić information content (AvgIpc) is 2.58. The van der Waals surface area contributed by atoms with Crippen molar-refractivity contribution in [1.29, 1.82) is 0 Å². The summed E-state index contributed by atoms with van der Waals surface area (Å²) in [5, 5.41) is 3.84. The van der Waals surface area contributed by atoms with Gasteiger partial charge in [0, 0.05) is 31.2 Å². The molecule has 0 spiro atoms. The van der Waals surface area contributed by atoms with Gasteiger partial charge in [-0.1, -0.05) is 60.7 Å². The van der Waals surface area contributed by atoms with E-state index in [1.54, 1.807) is 0 Å². The van der Waals surface area contributed by atoms with Gasteiger partial charge in [-0.2, -0.15) is 0 Å². The highest BCUT2D eigenvalue weighted by molar-refractivity contribution is 5.34. The van der Waals surface area contributed by atoms with Gasteiger partial charge in [-0.25, -0.2) is 0 Å². The second-order valence-corrected chi connectivity index (χ2v) is 6.14. The molecule has 3 rings (SSSR count). The molecule has 116 valence electrons. The van der Waals surface area contributed by atoms with Crippen molar-refractivity contribution in [2.24, 2.45) is 0 Å². The Kier molecular flexibility index (Phi) is 5.25. The normalized spacial score (nSPS) is 17.5. The third-order valence-corrected chi connectivity index (χ3v) is 4.54. The van der Waals surface area contributed by atoms with Crippen molar-refractivity contribution in [3.63, 3.8) is 0 Å².